The van der Waals surface area contributed by atoms with Crippen LogP contribution < -0.4 is 0 Å². The lowest BCUT2D eigenvalue weighted by molar-refractivity contribution is 0.345. The summed E-state index contributed by atoms with van der Waals surface area (Å²) < 4.78 is 0. The first-order valence-electron chi connectivity index (χ1n) is 4.42. The summed E-state index contributed by atoms with van der Waals surface area (Å²) in [5, 5.41) is 0. The molecule has 0 heterocycles. The van der Waals surface area contributed by atoms with Gasteiger partial charge < -0.3 is 4.80 Å². The maximum atomic E-state index is 9.14. The fraction of sp³-hybridized carbons (Fsp3) is 1.00. The minimum absolute atomic E-state index is 0.669. The predicted molar refractivity (Wildman–Crippen MR) is 44.5 cm³/mol. The van der Waals surface area contributed by atoms with Gasteiger partial charge >= 0.3 is 0 Å². The van der Waals surface area contributed by atoms with Crippen molar-refractivity contribution < 1.29 is 4.80 Å². The van der Waals surface area contributed by atoms with E-state index in [0.29, 0.717) is 0 Å². The molecule has 0 radical (unpaired) electrons. The molecule has 0 spiro atoms. The van der Waals surface area contributed by atoms with Gasteiger partial charge in [-0.1, -0.05) is 6.92 Å². The first kappa shape index (κ1) is 6.86. The van der Waals surface area contributed by atoms with E-state index in [0.717, 1.165) is 23.3 Å². The van der Waals surface area contributed by atoms with E-state index >= 15 is 0 Å². The Hall–Kier alpha value is 0.177. The van der Waals surface area contributed by atoms with Gasteiger partial charge in [0.05, 0.1) is 0 Å². The largest absolute Gasteiger partial charge is 0.438 e. The second kappa shape index (κ2) is 2.34. The van der Waals surface area contributed by atoms with Crippen molar-refractivity contribution in [3.63, 3.8) is 0 Å². The zero-order chi connectivity index (χ0) is 7.14. The van der Waals surface area contributed by atoms with Gasteiger partial charge in [-0.2, -0.15) is 0 Å². The Morgan fingerprint density at radius 2 is 2.10 bits per heavy atom. The Balaban J connectivity index is 2.06. The van der Waals surface area contributed by atoms with Gasteiger partial charge in [-0.15, -0.1) is 0 Å². The maximum absolute atomic E-state index is 9.14. The van der Waals surface area contributed by atoms with Gasteiger partial charge in [0.2, 0.25) is 0 Å². The highest BCUT2D eigenvalue weighted by Crippen LogP contribution is 2.53. The molecule has 2 saturated carbocycles. The van der Waals surface area contributed by atoms with Crippen LogP contribution in [0.4, 0.5) is 0 Å². The van der Waals surface area contributed by atoms with Crippen LogP contribution in [0.2, 0.25) is 5.54 Å². The molecule has 4 unspecified atom stereocenters. The van der Waals surface area contributed by atoms with E-state index in [4.69, 9.17) is 4.80 Å². The van der Waals surface area contributed by atoms with Crippen LogP contribution in [-0.2, 0) is 0 Å². The smallest absolute Gasteiger partial charge is 0.160 e. The molecule has 0 aromatic rings. The van der Waals surface area contributed by atoms with E-state index in [1.54, 1.807) is 0 Å². The second-order valence-corrected chi connectivity index (χ2v) is 5.57. The highest BCUT2D eigenvalue weighted by atomic mass is 28.2. The molecule has 2 heteroatoms. The summed E-state index contributed by atoms with van der Waals surface area (Å²) in [6.45, 7) is 2.36. The number of fused-ring (bicyclic) bond motifs is 2. The molecule has 1 N–H and O–H groups in total. The Morgan fingerprint density at radius 1 is 1.30 bits per heavy atom. The van der Waals surface area contributed by atoms with Crippen molar-refractivity contribution in [2.24, 2.45) is 17.8 Å². The summed E-state index contributed by atoms with van der Waals surface area (Å²) in [4.78, 5) is 9.14. The zero-order valence-corrected chi connectivity index (χ0v) is 8.00. The Bertz CT molecular complexity index is 135. The van der Waals surface area contributed by atoms with Gasteiger partial charge in [0, 0.05) is 0 Å². The summed E-state index contributed by atoms with van der Waals surface area (Å²) in [6, 6.07) is 0. The van der Waals surface area contributed by atoms with E-state index in [1.165, 1.54) is 19.3 Å². The molecule has 2 aliphatic rings. The van der Waals surface area contributed by atoms with Crippen LogP contribution >= 0.6 is 0 Å². The summed E-state index contributed by atoms with van der Waals surface area (Å²) in [5.74, 6) is 2.87. The topological polar surface area (TPSA) is 20.2 Å². The van der Waals surface area contributed by atoms with E-state index in [-0.39, 0.29) is 0 Å². The zero-order valence-electron chi connectivity index (χ0n) is 6.59. The van der Waals surface area contributed by atoms with Crippen molar-refractivity contribution in [1.29, 1.82) is 0 Å². The summed E-state index contributed by atoms with van der Waals surface area (Å²) in [6.07, 6.45) is 4.27. The predicted octanol–water partition coefficient (Wildman–Crippen LogP) is 0.917. The maximum Gasteiger partial charge on any atom is 0.160 e. The van der Waals surface area contributed by atoms with Crippen LogP contribution in [0.5, 0.6) is 0 Å². The van der Waals surface area contributed by atoms with Crippen molar-refractivity contribution in [3.05, 3.63) is 0 Å². The van der Waals surface area contributed by atoms with E-state index < -0.39 is 9.76 Å². The number of hydrogen-bond acceptors (Lipinski definition) is 1. The SMILES string of the molecule is CC1CC2CC([SiH2]O)C1C2. The standard InChI is InChI=1S/C8H16OSi/c1-5-2-6-3-7(5)8(4-6)10-9/h5-9H,2-4,10H2,1H3. The van der Waals surface area contributed by atoms with Crippen LogP contribution in [0.15, 0.2) is 0 Å². The molecular formula is C8H16OSi. The highest BCUT2D eigenvalue weighted by molar-refractivity contribution is 6.28. The Morgan fingerprint density at radius 3 is 2.50 bits per heavy atom. The Kier molecular flexibility index (Phi) is 1.61. The second-order valence-electron chi connectivity index (χ2n) is 4.16. The monoisotopic (exact) mass is 156 g/mol. The minimum atomic E-state index is -0.669. The van der Waals surface area contributed by atoms with E-state index in [1.807, 2.05) is 0 Å². The first-order valence-corrected chi connectivity index (χ1v) is 5.87. The number of rotatable bonds is 1. The molecule has 4 atom stereocenters. The Labute approximate surface area is 64.8 Å². The molecular weight excluding hydrogens is 140 g/mol. The van der Waals surface area contributed by atoms with Gasteiger partial charge in [-0.3, -0.25) is 0 Å². The molecule has 1 nitrogen and oxygen atoms in total. The third-order valence-corrected chi connectivity index (χ3v) is 4.93. The lowest BCUT2D eigenvalue weighted by Crippen LogP contribution is -2.17. The van der Waals surface area contributed by atoms with Crippen molar-refractivity contribution >= 4 is 9.76 Å². The van der Waals surface area contributed by atoms with Crippen LogP contribution in [0.25, 0.3) is 0 Å². The van der Waals surface area contributed by atoms with Crippen molar-refractivity contribution in [2.75, 3.05) is 0 Å². The van der Waals surface area contributed by atoms with E-state index in [9.17, 15) is 0 Å². The first-order chi connectivity index (χ1) is 4.81. The molecule has 2 bridgehead atoms. The number of hydrogen-bond donors (Lipinski definition) is 1. The van der Waals surface area contributed by atoms with Crippen molar-refractivity contribution in [3.8, 4) is 0 Å². The third-order valence-electron chi connectivity index (χ3n) is 3.52. The van der Waals surface area contributed by atoms with Gasteiger partial charge in [-0.05, 0) is 42.6 Å². The van der Waals surface area contributed by atoms with E-state index in [2.05, 4.69) is 6.92 Å². The molecule has 58 valence electrons. The molecule has 10 heavy (non-hydrogen) atoms. The average Bonchev–Trinajstić information content (AvgIpc) is 2.44. The highest BCUT2D eigenvalue weighted by Gasteiger charge is 2.43. The molecule has 2 fully saturated rings. The molecule has 0 saturated heterocycles. The molecule has 2 aliphatic carbocycles. The quantitative estimate of drug-likeness (QED) is 0.560. The minimum Gasteiger partial charge on any atom is -0.438 e. The summed E-state index contributed by atoms with van der Waals surface area (Å²) in [7, 11) is -0.669. The molecule has 0 aliphatic heterocycles. The molecule has 2 rings (SSSR count). The van der Waals surface area contributed by atoms with Crippen molar-refractivity contribution in [2.45, 2.75) is 31.7 Å². The molecule has 0 aromatic carbocycles. The van der Waals surface area contributed by atoms with Gasteiger partial charge in [0.1, 0.15) is 0 Å². The van der Waals surface area contributed by atoms with Gasteiger partial charge in [0.25, 0.3) is 0 Å². The van der Waals surface area contributed by atoms with Crippen LogP contribution in [0.3, 0.4) is 0 Å². The normalized spacial score (nSPS) is 53.4. The third kappa shape index (κ3) is 0.856. The van der Waals surface area contributed by atoms with Crippen LogP contribution in [0, 0.1) is 17.8 Å². The fourth-order valence-corrected chi connectivity index (χ4v) is 4.62. The van der Waals surface area contributed by atoms with Crippen molar-refractivity contribution in [1.82, 2.24) is 0 Å². The molecule has 0 aromatic heterocycles. The van der Waals surface area contributed by atoms with Crippen LogP contribution in [0.1, 0.15) is 26.2 Å². The van der Waals surface area contributed by atoms with Gasteiger partial charge in [0.15, 0.2) is 9.76 Å². The summed E-state index contributed by atoms with van der Waals surface area (Å²) in [5.41, 5.74) is 0.800. The fourth-order valence-electron chi connectivity index (χ4n) is 3.08. The average molecular weight is 156 g/mol. The van der Waals surface area contributed by atoms with Crippen LogP contribution in [-0.4, -0.2) is 14.6 Å². The van der Waals surface area contributed by atoms with Gasteiger partial charge in [-0.25, -0.2) is 0 Å². The lowest BCUT2D eigenvalue weighted by atomic mass is 9.90. The summed E-state index contributed by atoms with van der Waals surface area (Å²) >= 11 is 0. The molecule has 0 amide bonds. The lowest BCUT2D eigenvalue weighted by Gasteiger charge is -2.24.